The number of rotatable bonds is 6. The molecule has 0 aliphatic carbocycles. The fourth-order valence-electron chi connectivity index (χ4n) is 1.50. The summed E-state index contributed by atoms with van der Waals surface area (Å²) < 4.78 is 16.5. The van der Waals surface area contributed by atoms with Gasteiger partial charge in [-0.25, -0.2) is 0 Å². The van der Waals surface area contributed by atoms with Crippen LogP contribution < -0.4 is 19.5 Å². The van der Waals surface area contributed by atoms with E-state index in [1.165, 1.54) is 7.11 Å². The van der Waals surface area contributed by atoms with Gasteiger partial charge in [-0.05, 0) is 41.1 Å². The highest BCUT2D eigenvalue weighted by atomic mass is 79.9. The van der Waals surface area contributed by atoms with Gasteiger partial charge in [0.25, 0.3) is 0 Å². The topological polar surface area (TPSA) is 78.4 Å². The summed E-state index contributed by atoms with van der Waals surface area (Å²) in [5.74, 6) is 1.67. The zero-order valence-electron chi connectivity index (χ0n) is 11.9. The molecule has 1 aromatic heterocycles. The summed E-state index contributed by atoms with van der Waals surface area (Å²) in [5, 5.41) is 2.99. The minimum absolute atomic E-state index is 0.142. The molecule has 0 aliphatic rings. The number of nitrogens with zero attached hydrogens (tertiary/aromatic N) is 3. The zero-order chi connectivity index (χ0) is 15.2. The Morgan fingerprint density at radius 3 is 2.48 bits per heavy atom. The molecule has 21 heavy (non-hydrogen) atoms. The molecule has 1 heterocycles. The molecule has 0 bridgehead atoms. The standard InChI is InChI=1S/C13H15BrN4O3/c1-4-15-11-16-12(20-3)18-13(17-11)21-10-6-5-8(19-2)7-9(10)14/h5-7H,4H2,1-3H3,(H,15,16,17,18). The predicted octanol–water partition coefficient (Wildman–Crippen LogP) is 2.88. The molecule has 0 spiro atoms. The van der Waals surface area contributed by atoms with Crippen LogP contribution in [0.5, 0.6) is 23.5 Å². The lowest BCUT2D eigenvalue weighted by atomic mass is 10.3. The summed E-state index contributed by atoms with van der Waals surface area (Å²) in [6.45, 7) is 2.62. The molecule has 0 aliphatic heterocycles. The maximum absolute atomic E-state index is 5.65. The molecule has 0 fully saturated rings. The van der Waals surface area contributed by atoms with Crippen LogP contribution in [0.15, 0.2) is 22.7 Å². The maximum atomic E-state index is 5.65. The first-order valence-corrected chi connectivity index (χ1v) is 7.01. The lowest BCUT2D eigenvalue weighted by Gasteiger charge is -2.09. The largest absolute Gasteiger partial charge is 0.497 e. The van der Waals surface area contributed by atoms with Crippen LogP contribution in [-0.4, -0.2) is 35.7 Å². The van der Waals surface area contributed by atoms with Crippen molar-refractivity contribution in [2.24, 2.45) is 0 Å². The Bertz CT molecular complexity index is 624. The van der Waals surface area contributed by atoms with E-state index in [1.807, 2.05) is 6.92 Å². The molecule has 7 nitrogen and oxygen atoms in total. The molecule has 0 unspecified atom stereocenters. The highest BCUT2D eigenvalue weighted by Crippen LogP contribution is 2.32. The summed E-state index contributed by atoms with van der Waals surface area (Å²) >= 11 is 3.41. The number of aromatic nitrogens is 3. The molecule has 0 amide bonds. The van der Waals surface area contributed by atoms with E-state index in [-0.39, 0.29) is 12.0 Å². The van der Waals surface area contributed by atoms with Gasteiger partial charge < -0.3 is 19.5 Å². The van der Waals surface area contributed by atoms with Crippen molar-refractivity contribution in [3.8, 4) is 23.5 Å². The van der Waals surface area contributed by atoms with Gasteiger partial charge in [-0.15, -0.1) is 4.98 Å². The van der Waals surface area contributed by atoms with Gasteiger partial charge in [-0.1, -0.05) is 0 Å². The predicted molar refractivity (Wildman–Crippen MR) is 81.3 cm³/mol. The minimum atomic E-state index is 0.142. The lowest BCUT2D eigenvalue weighted by molar-refractivity contribution is 0.359. The van der Waals surface area contributed by atoms with Crippen LogP contribution in [0.3, 0.4) is 0 Å². The Labute approximate surface area is 130 Å². The quantitative estimate of drug-likeness (QED) is 0.854. The fourth-order valence-corrected chi connectivity index (χ4v) is 1.94. The summed E-state index contributed by atoms with van der Waals surface area (Å²) in [5.41, 5.74) is 0. The number of methoxy groups -OCH3 is 2. The van der Waals surface area contributed by atoms with Gasteiger partial charge in [0.1, 0.15) is 11.5 Å². The van der Waals surface area contributed by atoms with Gasteiger partial charge in [0, 0.05) is 6.54 Å². The Morgan fingerprint density at radius 1 is 1.10 bits per heavy atom. The highest BCUT2D eigenvalue weighted by Gasteiger charge is 2.11. The van der Waals surface area contributed by atoms with Crippen molar-refractivity contribution in [1.82, 2.24) is 15.0 Å². The molecule has 1 N–H and O–H groups in total. The van der Waals surface area contributed by atoms with Crippen LogP contribution in [0.2, 0.25) is 0 Å². The second-order valence-electron chi connectivity index (χ2n) is 3.86. The molecule has 0 saturated carbocycles. The molecule has 8 heteroatoms. The SMILES string of the molecule is CCNc1nc(OC)nc(Oc2ccc(OC)cc2Br)n1. The number of hydrogen-bond acceptors (Lipinski definition) is 7. The lowest BCUT2D eigenvalue weighted by Crippen LogP contribution is -2.06. The van der Waals surface area contributed by atoms with Crippen molar-refractivity contribution >= 4 is 21.9 Å². The van der Waals surface area contributed by atoms with Crippen LogP contribution >= 0.6 is 15.9 Å². The molecule has 1 aromatic carbocycles. The van der Waals surface area contributed by atoms with Crippen LogP contribution in [0, 0.1) is 0 Å². The van der Waals surface area contributed by atoms with E-state index in [0.717, 1.165) is 10.2 Å². The van der Waals surface area contributed by atoms with Crippen molar-refractivity contribution in [2.75, 3.05) is 26.1 Å². The van der Waals surface area contributed by atoms with Crippen molar-refractivity contribution in [3.05, 3.63) is 22.7 Å². The molecule has 0 atom stereocenters. The molecule has 0 radical (unpaired) electrons. The molecule has 112 valence electrons. The van der Waals surface area contributed by atoms with Crippen molar-refractivity contribution in [2.45, 2.75) is 6.92 Å². The number of anilines is 1. The van der Waals surface area contributed by atoms with E-state index in [2.05, 4.69) is 36.2 Å². The monoisotopic (exact) mass is 354 g/mol. The number of hydrogen-bond donors (Lipinski definition) is 1. The first-order chi connectivity index (χ1) is 10.2. The normalized spacial score (nSPS) is 10.1. The summed E-state index contributed by atoms with van der Waals surface area (Å²) in [6, 6.07) is 5.65. The fraction of sp³-hybridized carbons (Fsp3) is 0.308. The van der Waals surface area contributed by atoms with E-state index in [9.17, 15) is 0 Å². The van der Waals surface area contributed by atoms with E-state index >= 15 is 0 Å². The van der Waals surface area contributed by atoms with Crippen molar-refractivity contribution in [3.63, 3.8) is 0 Å². The van der Waals surface area contributed by atoms with E-state index in [0.29, 0.717) is 18.2 Å². The van der Waals surface area contributed by atoms with Crippen molar-refractivity contribution < 1.29 is 14.2 Å². The van der Waals surface area contributed by atoms with Crippen LogP contribution in [0.25, 0.3) is 0 Å². The maximum Gasteiger partial charge on any atom is 0.330 e. The average Bonchev–Trinajstić information content (AvgIpc) is 2.49. The third kappa shape index (κ3) is 3.94. The Morgan fingerprint density at radius 2 is 1.86 bits per heavy atom. The van der Waals surface area contributed by atoms with E-state index < -0.39 is 0 Å². The van der Waals surface area contributed by atoms with Gasteiger partial charge in [0.2, 0.25) is 5.95 Å². The Kier molecular flexibility index (Phi) is 5.15. The second kappa shape index (κ2) is 7.07. The van der Waals surface area contributed by atoms with Gasteiger partial charge in [-0.2, -0.15) is 9.97 Å². The summed E-state index contributed by atoms with van der Waals surface area (Å²) in [4.78, 5) is 12.3. The van der Waals surface area contributed by atoms with Gasteiger partial charge in [0.05, 0.1) is 18.7 Å². The van der Waals surface area contributed by atoms with Gasteiger partial charge >= 0.3 is 12.0 Å². The smallest absolute Gasteiger partial charge is 0.330 e. The second-order valence-corrected chi connectivity index (χ2v) is 4.71. The Balaban J connectivity index is 2.27. The van der Waals surface area contributed by atoms with Crippen LogP contribution in [0.1, 0.15) is 6.92 Å². The van der Waals surface area contributed by atoms with Crippen LogP contribution in [-0.2, 0) is 0 Å². The zero-order valence-corrected chi connectivity index (χ0v) is 13.5. The minimum Gasteiger partial charge on any atom is -0.497 e. The molecule has 2 aromatic rings. The first-order valence-electron chi connectivity index (χ1n) is 6.21. The van der Waals surface area contributed by atoms with Crippen molar-refractivity contribution in [1.29, 1.82) is 0 Å². The number of nitrogens with one attached hydrogen (secondary N) is 1. The number of benzene rings is 1. The molecule has 0 saturated heterocycles. The average molecular weight is 355 g/mol. The van der Waals surface area contributed by atoms with Crippen LogP contribution in [0.4, 0.5) is 5.95 Å². The number of ether oxygens (including phenoxy) is 3. The Hall–Kier alpha value is -2.09. The molecular weight excluding hydrogens is 340 g/mol. The van der Waals surface area contributed by atoms with Gasteiger partial charge in [-0.3, -0.25) is 0 Å². The van der Waals surface area contributed by atoms with E-state index in [1.54, 1.807) is 25.3 Å². The van der Waals surface area contributed by atoms with Gasteiger partial charge in [0.15, 0.2) is 0 Å². The third-order valence-electron chi connectivity index (χ3n) is 2.45. The summed E-state index contributed by atoms with van der Waals surface area (Å²) in [7, 11) is 3.08. The number of halogens is 1. The first kappa shape index (κ1) is 15.3. The summed E-state index contributed by atoms with van der Waals surface area (Å²) in [6.07, 6.45) is 0. The third-order valence-corrected chi connectivity index (χ3v) is 3.07. The van der Waals surface area contributed by atoms with E-state index in [4.69, 9.17) is 14.2 Å². The molecular formula is C13H15BrN4O3. The molecule has 2 rings (SSSR count). The highest BCUT2D eigenvalue weighted by molar-refractivity contribution is 9.10.